The lowest BCUT2D eigenvalue weighted by Gasteiger charge is -2.38. The van der Waals surface area contributed by atoms with E-state index < -0.39 is 35.8 Å². The third-order valence-corrected chi connectivity index (χ3v) is 12.2. The first-order chi connectivity index (χ1) is 28.5. The van der Waals surface area contributed by atoms with E-state index in [9.17, 15) is 33.9 Å². The van der Waals surface area contributed by atoms with Crippen LogP contribution in [0, 0.1) is 0 Å². The van der Waals surface area contributed by atoms with E-state index >= 15 is 0 Å². The molecule has 2 fully saturated rings. The fourth-order valence-electron chi connectivity index (χ4n) is 8.87. The van der Waals surface area contributed by atoms with Crippen LogP contribution in [-0.4, -0.2) is 106 Å². The molecule has 3 aliphatic heterocycles. The molecular formula is C44H51ClN6O8. The molecule has 312 valence electrons. The van der Waals surface area contributed by atoms with E-state index in [1.165, 1.54) is 6.33 Å². The molecule has 2 aromatic carbocycles. The third-order valence-electron chi connectivity index (χ3n) is 12.0. The number of piperidine rings is 1. The van der Waals surface area contributed by atoms with E-state index in [-0.39, 0.29) is 41.9 Å². The summed E-state index contributed by atoms with van der Waals surface area (Å²) in [6.07, 6.45) is 6.27. The molecule has 0 radical (unpaired) electrons. The lowest BCUT2D eigenvalue weighted by molar-refractivity contribution is -0.136. The standard InChI is InChI=1S/C44H51ClN6O8/c1-27-25-35(53)39-37(27)40(47-26-46-39)49-19-21-50(22-20-49)42(56)32(28-13-15-30(45)16-14-28)11-3-2-9-31(52)10-6-24-59-23-5-8-29-7-4-12-33-38(29)44(58)51(43(33)57)34-17-18-36(54)48-41(34)55/h4,7,12-16,26-27,32,34-35,53H,2-3,5-6,8-11,17-25H2,1H3,(H,48,54,55)/t27-,32-,34?,35-/m1/s1. The highest BCUT2D eigenvalue weighted by molar-refractivity contribution is 6.30. The average Bonchev–Trinajstić information content (AvgIpc) is 3.67. The Labute approximate surface area is 348 Å². The number of fused-ring (bicyclic) bond motifs is 2. The Hall–Kier alpha value is -5.05. The molecule has 0 spiro atoms. The highest BCUT2D eigenvalue weighted by Crippen LogP contribution is 2.43. The number of carbonyl (C=O) groups is 6. The Morgan fingerprint density at radius 1 is 0.932 bits per heavy atom. The molecule has 15 heteroatoms. The van der Waals surface area contributed by atoms with Crippen LogP contribution < -0.4 is 10.2 Å². The number of aliphatic hydroxyl groups excluding tert-OH is 1. The number of benzene rings is 2. The number of anilines is 1. The number of aliphatic hydroxyl groups is 1. The van der Waals surface area contributed by atoms with Crippen molar-refractivity contribution in [3.8, 4) is 0 Å². The molecule has 4 aliphatic rings. The number of Topliss-reactive ketones (excluding diaryl/α,β-unsaturated/α-hetero) is 1. The number of nitrogens with one attached hydrogen (secondary N) is 1. The first-order valence-corrected chi connectivity index (χ1v) is 21.1. The van der Waals surface area contributed by atoms with E-state index in [1.807, 2.05) is 29.2 Å². The van der Waals surface area contributed by atoms with Crippen LogP contribution in [0.5, 0.6) is 0 Å². The lowest BCUT2D eigenvalue weighted by Crippen LogP contribution is -2.54. The van der Waals surface area contributed by atoms with Gasteiger partial charge in [-0.3, -0.25) is 39.0 Å². The second kappa shape index (κ2) is 18.9. The molecule has 1 aromatic heterocycles. The van der Waals surface area contributed by atoms with Crippen LogP contribution in [0.1, 0.15) is 132 Å². The molecule has 4 heterocycles. The van der Waals surface area contributed by atoms with Gasteiger partial charge in [-0.05, 0) is 80.2 Å². The van der Waals surface area contributed by atoms with Gasteiger partial charge >= 0.3 is 0 Å². The predicted molar refractivity (Wildman–Crippen MR) is 218 cm³/mol. The van der Waals surface area contributed by atoms with Crippen molar-refractivity contribution in [3.05, 3.63) is 87.3 Å². The number of rotatable bonds is 17. The van der Waals surface area contributed by atoms with Gasteiger partial charge in [0.2, 0.25) is 17.7 Å². The van der Waals surface area contributed by atoms with Gasteiger partial charge in [-0.25, -0.2) is 9.97 Å². The molecule has 2 saturated heterocycles. The number of hydrogen-bond donors (Lipinski definition) is 2. The number of amides is 5. The summed E-state index contributed by atoms with van der Waals surface area (Å²) in [5.74, 6) is -1.21. The molecule has 1 unspecified atom stereocenters. The fourth-order valence-corrected chi connectivity index (χ4v) is 8.99. The number of unbranched alkanes of at least 4 members (excludes halogenated alkanes) is 1. The number of nitrogens with zero attached hydrogens (tertiary/aromatic N) is 5. The summed E-state index contributed by atoms with van der Waals surface area (Å²) in [5, 5.41) is 13.3. The molecule has 5 amide bonds. The van der Waals surface area contributed by atoms with E-state index in [1.54, 1.807) is 18.2 Å². The molecule has 14 nitrogen and oxygen atoms in total. The maximum absolute atomic E-state index is 14.0. The predicted octanol–water partition coefficient (Wildman–Crippen LogP) is 5.06. The largest absolute Gasteiger partial charge is 0.387 e. The minimum absolute atomic E-state index is 0.0645. The van der Waals surface area contributed by atoms with E-state index in [0.717, 1.165) is 28.3 Å². The van der Waals surface area contributed by atoms with Gasteiger partial charge in [0, 0.05) is 69.2 Å². The normalized spacial score (nSPS) is 20.8. The number of halogens is 1. The molecule has 1 aliphatic carbocycles. The van der Waals surface area contributed by atoms with E-state index in [4.69, 9.17) is 16.3 Å². The maximum atomic E-state index is 14.0. The zero-order valence-electron chi connectivity index (χ0n) is 33.4. The SMILES string of the molecule is C[C@@H]1C[C@@H](O)c2ncnc(N3CCN(C(=O)[C@H](CCCCC(=O)CCCOCCCc4cccc5c4C(=O)N(C4CCC(=O)NC4=O)C5=O)c4ccc(Cl)cc4)CC3)c21. The average molecular weight is 827 g/mol. The van der Waals surface area contributed by atoms with Crippen LogP contribution in [-0.2, 0) is 30.3 Å². The smallest absolute Gasteiger partial charge is 0.262 e. The minimum Gasteiger partial charge on any atom is -0.387 e. The van der Waals surface area contributed by atoms with Crippen molar-refractivity contribution in [1.82, 2.24) is 25.1 Å². The van der Waals surface area contributed by atoms with E-state index in [2.05, 4.69) is 27.1 Å². The summed E-state index contributed by atoms with van der Waals surface area (Å²) in [4.78, 5) is 91.2. The molecule has 0 bridgehead atoms. The van der Waals surface area contributed by atoms with Crippen LogP contribution in [0.2, 0.25) is 5.02 Å². The van der Waals surface area contributed by atoms with Crippen LogP contribution in [0.25, 0.3) is 0 Å². The first kappa shape index (κ1) is 42.1. The summed E-state index contributed by atoms with van der Waals surface area (Å²) in [7, 11) is 0. The topological polar surface area (TPSA) is 179 Å². The third kappa shape index (κ3) is 9.40. The zero-order valence-corrected chi connectivity index (χ0v) is 34.1. The summed E-state index contributed by atoms with van der Waals surface area (Å²) >= 11 is 6.19. The highest BCUT2D eigenvalue weighted by atomic mass is 35.5. The van der Waals surface area contributed by atoms with Crippen molar-refractivity contribution in [3.63, 3.8) is 0 Å². The van der Waals surface area contributed by atoms with Crippen molar-refractivity contribution < 1.29 is 38.6 Å². The Morgan fingerprint density at radius 2 is 1.68 bits per heavy atom. The van der Waals surface area contributed by atoms with Gasteiger partial charge in [0.1, 0.15) is 24.0 Å². The number of hydrogen-bond acceptors (Lipinski definition) is 11. The summed E-state index contributed by atoms with van der Waals surface area (Å²) in [5.41, 5.74) is 3.89. The van der Waals surface area contributed by atoms with Gasteiger partial charge in [0.05, 0.1) is 28.8 Å². The number of imide groups is 2. The molecule has 59 heavy (non-hydrogen) atoms. The number of aromatic nitrogens is 2. The Morgan fingerprint density at radius 3 is 2.44 bits per heavy atom. The minimum atomic E-state index is -1.01. The van der Waals surface area contributed by atoms with Gasteiger partial charge in [0.25, 0.3) is 11.8 Å². The second-order valence-electron chi connectivity index (χ2n) is 16.0. The van der Waals surface area contributed by atoms with Crippen LogP contribution >= 0.6 is 11.6 Å². The van der Waals surface area contributed by atoms with Gasteiger partial charge in [-0.1, -0.05) is 49.2 Å². The fraction of sp³-hybridized carbons (Fsp3) is 0.500. The van der Waals surface area contributed by atoms with E-state index in [0.29, 0.717) is 113 Å². The molecule has 2 N–H and O–H groups in total. The quantitative estimate of drug-likeness (QED) is 0.137. The summed E-state index contributed by atoms with van der Waals surface area (Å²) in [6.45, 7) is 5.29. The monoisotopic (exact) mass is 826 g/mol. The number of carbonyl (C=O) groups excluding carboxylic acids is 6. The molecule has 4 atom stereocenters. The maximum Gasteiger partial charge on any atom is 0.262 e. The Balaban J connectivity index is 0.817. The van der Waals surface area contributed by atoms with Crippen molar-refractivity contribution in [1.29, 1.82) is 0 Å². The van der Waals surface area contributed by atoms with Crippen LogP contribution in [0.4, 0.5) is 5.82 Å². The van der Waals surface area contributed by atoms with Crippen molar-refractivity contribution in [2.75, 3.05) is 44.3 Å². The zero-order chi connectivity index (χ0) is 41.6. The van der Waals surface area contributed by atoms with Gasteiger partial charge < -0.3 is 19.6 Å². The molecule has 7 rings (SSSR count). The van der Waals surface area contributed by atoms with Gasteiger partial charge in [-0.15, -0.1) is 0 Å². The van der Waals surface area contributed by atoms with Gasteiger partial charge in [-0.2, -0.15) is 0 Å². The molecule has 3 aromatic rings. The number of piperazine rings is 1. The number of ketones is 1. The summed E-state index contributed by atoms with van der Waals surface area (Å²) < 4.78 is 5.80. The van der Waals surface area contributed by atoms with Crippen molar-refractivity contribution in [2.24, 2.45) is 0 Å². The first-order valence-electron chi connectivity index (χ1n) is 20.8. The van der Waals surface area contributed by atoms with Crippen LogP contribution in [0.15, 0.2) is 48.8 Å². The van der Waals surface area contributed by atoms with Crippen molar-refractivity contribution in [2.45, 2.75) is 102 Å². The van der Waals surface area contributed by atoms with Crippen LogP contribution in [0.3, 0.4) is 0 Å². The van der Waals surface area contributed by atoms with Gasteiger partial charge in [0.15, 0.2) is 0 Å². The Bertz CT molecular complexity index is 2090. The number of ether oxygens (including phenoxy) is 1. The highest BCUT2D eigenvalue weighted by Gasteiger charge is 2.45. The molecule has 0 saturated carbocycles. The van der Waals surface area contributed by atoms with Crippen molar-refractivity contribution >= 4 is 52.7 Å². The molecular weight excluding hydrogens is 776 g/mol. The lowest BCUT2D eigenvalue weighted by atomic mass is 9.91. The second-order valence-corrected chi connectivity index (χ2v) is 16.4. The number of aryl methyl sites for hydroxylation is 1. The summed E-state index contributed by atoms with van der Waals surface area (Å²) in [6, 6.07) is 11.5. The Kier molecular flexibility index (Phi) is 13.5.